The van der Waals surface area contributed by atoms with Crippen LogP contribution in [-0.4, -0.2) is 21.1 Å². The summed E-state index contributed by atoms with van der Waals surface area (Å²) in [6, 6.07) is 18.5. The van der Waals surface area contributed by atoms with Gasteiger partial charge in [0.05, 0.1) is 10.8 Å². The molecule has 2 unspecified atom stereocenters. The highest BCUT2D eigenvalue weighted by Gasteiger charge is 2.25. The number of nitrogens with one attached hydrogen (secondary N) is 1. The summed E-state index contributed by atoms with van der Waals surface area (Å²) in [4.78, 5) is 21.7. The Labute approximate surface area is 186 Å². The van der Waals surface area contributed by atoms with E-state index in [4.69, 9.17) is 4.98 Å². The number of thioether (sulfide) groups is 1. The third-order valence-corrected chi connectivity index (χ3v) is 6.75. The number of fused-ring (bicyclic) bond motifs is 1. The van der Waals surface area contributed by atoms with Crippen LogP contribution in [0.4, 0.5) is 5.82 Å². The van der Waals surface area contributed by atoms with Crippen molar-refractivity contribution in [1.29, 1.82) is 5.26 Å². The highest BCUT2D eigenvalue weighted by molar-refractivity contribution is 8.00. The largest absolute Gasteiger partial charge is 0.310 e. The lowest BCUT2D eigenvalue weighted by Crippen LogP contribution is -2.24. The Morgan fingerprint density at radius 1 is 1.26 bits per heavy atom. The minimum atomic E-state index is -0.403. The first-order valence-electron chi connectivity index (χ1n) is 10.4. The van der Waals surface area contributed by atoms with Gasteiger partial charge in [0.1, 0.15) is 16.9 Å². The second-order valence-corrected chi connectivity index (χ2v) is 9.16. The van der Waals surface area contributed by atoms with Gasteiger partial charge in [0.15, 0.2) is 0 Å². The molecule has 5 nitrogen and oxygen atoms in total. The fraction of sp³-hybridized carbons (Fsp3) is 0.280. The fourth-order valence-electron chi connectivity index (χ4n) is 3.88. The minimum Gasteiger partial charge on any atom is -0.310 e. The van der Waals surface area contributed by atoms with Gasteiger partial charge in [-0.25, -0.2) is 9.97 Å². The molecule has 0 saturated heterocycles. The summed E-state index contributed by atoms with van der Waals surface area (Å²) in [5.74, 6) is 0.858. The lowest BCUT2D eigenvalue weighted by molar-refractivity contribution is -0.115. The average molecular weight is 429 g/mol. The van der Waals surface area contributed by atoms with E-state index in [9.17, 15) is 10.1 Å². The van der Waals surface area contributed by atoms with E-state index >= 15 is 0 Å². The van der Waals surface area contributed by atoms with Crippen LogP contribution in [-0.2, 0) is 17.6 Å². The van der Waals surface area contributed by atoms with E-state index in [1.807, 2.05) is 38.1 Å². The molecule has 6 heteroatoms. The fourth-order valence-corrected chi connectivity index (χ4v) is 4.78. The van der Waals surface area contributed by atoms with Crippen LogP contribution in [0.5, 0.6) is 0 Å². The predicted octanol–water partition coefficient (Wildman–Crippen LogP) is 5.05. The van der Waals surface area contributed by atoms with Crippen LogP contribution in [0.1, 0.15) is 47.2 Å². The number of anilines is 1. The molecule has 1 aliphatic rings. The van der Waals surface area contributed by atoms with Crippen LogP contribution in [0.2, 0.25) is 0 Å². The normalized spacial score (nSPS) is 16.1. The summed E-state index contributed by atoms with van der Waals surface area (Å²) in [6.07, 6.45) is 4.46. The molecule has 0 saturated carbocycles. The van der Waals surface area contributed by atoms with Crippen LogP contribution < -0.4 is 5.32 Å². The molecule has 0 fully saturated rings. The molecule has 2 heterocycles. The number of carbonyl (C=O) groups is 1. The third kappa shape index (κ3) is 4.78. The molecule has 156 valence electrons. The standard InChI is InChI=1S/C25H24N4OS/c1-16-7-6-12-27-23(16)29-24(30)17(2)31-25-21(15-26)14-20-13-19(10-11-22(20)28-25)18-8-4-3-5-9-18/h3-9,12,14,17,19H,10-11,13H2,1-2H3,(H,27,29,30). The third-order valence-electron chi connectivity index (χ3n) is 5.65. The Hall–Kier alpha value is -3.17. The van der Waals surface area contributed by atoms with Gasteiger partial charge in [0.2, 0.25) is 5.91 Å². The summed E-state index contributed by atoms with van der Waals surface area (Å²) in [5, 5.41) is 12.8. The van der Waals surface area contributed by atoms with Crippen molar-refractivity contribution in [2.24, 2.45) is 0 Å². The smallest absolute Gasteiger partial charge is 0.238 e. The number of amides is 1. The Bertz CT molecular complexity index is 1140. The Morgan fingerprint density at radius 3 is 2.81 bits per heavy atom. The van der Waals surface area contributed by atoms with Gasteiger partial charge in [-0.3, -0.25) is 4.79 Å². The molecular formula is C25H24N4OS. The number of aromatic nitrogens is 2. The molecule has 3 aromatic rings. The predicted molar refractivity (Wildman–Crippen MR) is 123 cm³/mol. The molecule has 0 aliphatic heterocycles. The van der Waals surface area contributed by atoms with Gasteiger partial charge in [0.25, 0.3) is 0 Å². The maximum absolute atomic E-state index is 12.7. The van der Waals surface area contributed by atoms with Crippen molar-refractivity contribution in [1.82, 2.24) is 9.97 Å². The molecule has 1 aromatic carbocycles. The van der Waals surface area contributed by atoms with Crippen molar-refractivity contribution >= 4 is 23.5 Å². The van der Waals surface area contributed by atoms with Crippen LogP contribution >= 0.6 is 11.8 Å². The zero-order valence-electron chi connectivity index (χ0n) is 17.6. The number of nitriles is 1. The van der Waals surface area contributed by atoms with E-state index in [1.165, 1.54) is 17.3 Å². The molecule has 1 amide bonds. The van der Waals surface area contributed by atoms with Gasteiger partial charge in [-0.05, 0) is 67.9 Å². The van der Waals surface area contributed by atoms with E-state index in [2.05, 4.69) is 40.6 Å². The zero-order chi connectivity index (χ0) is 21.8. The van der Waals surface area contributed by atoms with Crippen molar-refractivity contribution in [3.8, 4) is 6.07 Å². The topological polar surface area (TPSA) is 78.7 Å². The number of pyridine rings is 2. The van der Waals surface area contributed by atoms with Crippen LogP contribution in [0.15, 0.2) is 59.8 Å². The summed E-state index contributed by atoms with van der Waals surface area (Å²) in [5.41, 5.74) is 4.96. The van der Waals surface area contributed by atoms with Gasteiger partial charge in [-0.1, -0.05) is 48.2 Å². The van der Waals surface area contributed by atoms with E-state index < -0.39 is 5.25 Å². The van der Waals surface area contributed by atoms with Crippen molar-refractivity contribution in [2.45, 2.75) is 49.3 Å². The molecule has 2 aromatic heterocycles. The van der Waals surface area contributed by atoms with Gasteiger partial charge in [-0.2, -0.15) is 5.26 Å². The average Bonchev–Trinajstić information content (AvgIpc) is 2.80. The Balaban J connectivity index is 1.50. The number of benzene rings is 1. The summed E-state index contributed by atoms with van der Waals surface area (Å²) >= 11 is 1.32. The molecular weight excluding hydrogens is 404 g/mol. The maximum atomic E-state index is 12.7. The molecule has 4 rings (SSSR count). The van der Waals surface area contributed by atoms with Crippen molar-refractivity contribution in [3.05, 3.63) is 82.7 Å². The van der Waals surface area contributed by atoms with Crippen LogP contribution in [0, 0.1) is 18.3 Å². The molecule has 0 radical (unpaired) electrons. The number of hydrogen-bond donors (Lipinski definition) is 1. The van der Waals surface area contributed by atoms with Gasteiger partial charge in [-0.15, -0.1) is 0 Å². The minimum absolute atomic E-state index is 0.153. The summed E-state index contributed by atoms with van der Waals surface area (Å²) < 4.78 is 0. The maximum Gasteiger partial charge on any atom is 0.238 e. The Morgan fingerprint density at radius 2 is 2.06 bits per heavy atom. The lowest BCUT2D eigenvalue weighted by Gasteiger charge is -2.25. The first-order valence-corrected chi connectivity index (χ1v) is 11.3. The summed E-state index contributed by atoms with van der Waals surface area (Å²) in [7, 11) is 0. The number of rotatable bonds is 5. The molecule has 1 N–H and O–H groups in total. The van der Waals surface area contributed by atoms with Gasteiger partial charge < -0.3 is 5.32 Å². The second-order valence-electron chi connectivity index (χ2n) is 7.83. The molecule has 0 bridgehead atoms. The molecule has 2 atom stereocenters. The Kier molecular flexibility index (Phi) is 6.34. The van der Waals surface area contributed by atoms with E-state index in [-0.39, 0.29) is 5.91 Å². The lowest BCUT2D eigenvalue weighted by atomic mass is 9.82. The van der Waals surface area contributed by atoms with E-state index in [0.29, 0.717) is 22.3 Å². The first-order chi connectivity index (χ1) is 15.0. The number of nitrogens with zero attached hydrogens (tertiary/aromatic N) is 3. The number of carbonyl (C=O) groups excluding carboxylic acids is 1. The number of hydrogen-bond acceptors (Lipinski definition) is 5. The van der Waals surface area contributed by atoms with Crippen LogP contribution in [0.25, 0.3) is 0 Å². The number of aryl methyl sites for hydroxylation is 2. The molecule has 0 spiro atoms. The van der Waals surface area contributed by atoms with E-state index in [0.717, 1.165) is 36.1 Å². The van der Waals surface area contributed by atoms with Crippen molar-refractivity contribution in [2.75, 3.05) is 5.32 Å². The SMILES string of the molecule is Cc1cccnc1NC(=O)C(C)Sc1nc2c(cc1C#N)CC(c1ccccc1)CC2. The van der Waals surface area contributed by atoms with Crippen molar-refractivity contribution < 1.29 is 4.79 Å². The quantitative estimate of drug-likeness (QED) is 0.576. The van der Waals surface area contributed by atoms with Gasteiger partial charge in [0, 0.05) is 11.9 Å². The van der Waals surface area contributed by atoms with Crippen molar-refractivity contribution in [3.63, 3.8) is 0 Å². The molecule has 1 aliphatic carbocycles. The van der Waals surface area contributed by atoms with Crippen LogP contribution in [0.3, 0.4) is 0 Å². The van der Waals surface area contributed by atoms with E-state index in [1.54, 1.807) is 6.20 Å². The second kappa shape index (κ2) is 9.32. The first kappa shape index (κ1) is 21.1. The monoisotopic (exact) mass is 428 g/mol. The zero-order valence-corrected chi connectivity index (χ0v) is 18.4. The highest BCUT2D eigenvalue weighted by atomic mass is 32.2. The molecule has 31 heavy (non-hydrogen) atoms. The van der Waals surface area contributed by atoms with Gasteiger partial charge >= 0.3 is 0 Å². The summed E-state index contributed by atoms with van der Waals surface area (Å²) in [6.45, 7) is 3.73. The highest BCUT2D eigenvalue weighted by Crippen LogP contribution is 2.35.